The standard InChI is InChI=1S/C20H25N3O/c24-20(22-15-17-7-2-1-3-8-17)11-14-23-13-5-4-10-19(23)18-9-6-12-21-16-18/h1-3,6-9,12,16,19H,4-5,10-11,13-15H2,(H,22,24)/p+1/t19-/m1/s1. The molecule has 1 aliphatic rings. The quantitative estimate of drug-likeness (QED) is 0.852. The van der Waals surface area contributed by atoms with E-state index in [9.17, 15) is 4.79 Å². The van der Waals surface area contributed by atoms with E-state index in [1.807, 2.05) is 48.8 Å². The van der Waals surface area contributed by atoms with Crippen LogP contribution in [-0.2, 0) is 11.3 Å². The van der Waals surface area contributed by atoms with Crippen molar-refractivity contribution in [2.75, 3.05) is 13.1 Å². The third-order valence-corrected chi connectivity index (χ3v) is 4.83. The van der Waals surface area contributed by atoms with Gasteiger partial charge in [-0.1, -0.05) is 36.4 Å². The SMILES string of the molecule is O=C(CC[NH+]1CCCC[C@@H]1c1cccnc1)NCc1ccccc1. The van der Waals surface area contributed by atoms with Gasteiger partial charge in [0.2, 0.25) is 5.91 Å². The maximum Gasteiger partial charge on any atom is 0.225 e. The summed E-state index contributed by atoms with van der Waals surface area (Å²) in [6, 6.07) is 14.7. The van der Waals surface area contributed by atoms with Crippen LogP contribution in [0.3, 0.4) is 0 Å². The highest BCUT2D eigenvalue weighted by Gasteiger charge is 2.27. The van der Waals surface area contributed by atoms with Gasteiger partial charge in [0.15, 0.2) is 0 Å². The number of nitrogens with zero attached hydrogens (tertiary/aromatic N) is 1. The van der Waals surface area contributed by atoms with Crippen LogP contribution in [0.1, 0.15) is 42.9 Å². The van der Waals surface area contributed by atoms with E-state index in [0.717, 1.165) is 18.7 Å². The van der Waals surface area contributed by atoms with Crippen molar-refractivity contribution in [1.82, 2.24) is 10.3 Å². The number of benzene rings is 1. The first-order valence-corrected chi connectivity index (χ1v) is 8.88. The summed E-state index contributed by atoms with van der Waals surface area (Å²) in [6.07, 6.45) is 8.08. The molecule has 126 valence electrons. The zero-order valence-corrected chi connectivity index (χ0v) is 14.1. The topological polar surface area (TPSA) is 46.4 Å². The van der Waals surface area contributed by atoms with Crippen molar-refractivity contribution in [2.24, 2.45) is 0 Å². The molecule has 0 aliphatic carbocycles. The van der Waals surface area contributed by atoms with Crippen molar-refractivity contribution in [3.05, 3.63) is 66.0 Å². The van der Waals surface area contributed by atoms with Crippen LogP contribution in [-0.4, -0.2) is 24.0 Å². The molecule has 1 unspecified atom stereocenters. The van der Waals surface area contributed by atoms with Gasteiger partial charge >= 0.3 is 0 Å². The number of quaternary nitrogens is 1. The minimum atomic E-state index is 0.141. The van der Waals surface area contributed by atoms with Crippen molar-refractivity contribution in [3.8, 4) is 0 Å². The number of hydrogen-bond donors (Lipinski definition) is 2. The molecular formula is C20H26N3O+. The van der Waals surface area contributed by atoms with E-state index in [-0.39, 0.29) is 5.91 Å². The number of carbonyl (C=O) groups is 1. The first kappa shape index (κ1) is 16.7. The van der Waals surface area contributed by atoms with Crippen LogP contribution >= 0.6 is 0 Å². The van der Waals surface area contributed by atoms with Gasteiger partial charge in [-0.05, 0) is 24.5 Å². The molecular weight excluding hydrogens is 298 g/mol. The van der Waals surface area contributed by atoms with Gasteiger partial charge in [-0.3, -0.25) is 9.78 Å². The fourth-order valence-electron chi connectivity index (χ4n) is 3.52. The van der Waals surface area contributed by atoms with Gasteiger partial charge in [0, 0.05) is 30.9 Å². The van der Waals surface area contributed by atoms with Crippen LogP contribution in [0, 0.1) is 0 Å². The van der Waals surface area contributed by atoms with Gasteiger partial charge in [-0.15, -0.1) is 0 Å². The molecule has 2 N–H and O–H groups in total. The number of pyridine rings is 1. The van der Waals surface area contributed by atoms with Crippen LogP contribution < -0.4 is 10.2 Å². The predicted molar refractivity (Wildman–Crippen MR) is 94.4 cm³/mol. The Balaban J connectivity index is 1.49. The fraction of sp³-hybridized carbons (Fsp3) is 0.400. The lowest BCUT2D eigenvalue weighted by Crippen LogP contribution is -3.13. The number of hydrogen-bond acceptors (Lipinski definition) is 2. The van der Waals surface area contributed by atoms with E-state index in [2.05, 4.69) is 16.4 Å². The number of aromatic nitrogens is 1. The summed E-state index contributed by atoms with van der Waals surface area (Å²) in [5, 5.41) is 3.03. The molecule has 2 aromatic rings. The molecule has 2 heterocycles. The lowest BCUT2D eigenvalue weighted by atomic mass is 9.96. The van der Waals surface area contributed by atoms with Crippen molar-refractivity contribution in [1.29, 1.82) is 0 Å². The second-order valence-electron chi connectivity index (χ2n) is 6.51. The number of rotatable bonds is 6. The highest BCUT2D eigenvalue weighted by atomic mass is 16.1. The molecule has 4 nitrogen and oxygen atoms in total. The minimum Gasteiger partial charge on any atom is -0.352 e. The second kappa shape index (κ2) is 8.60. The molecule has 3 rings (SSSR count). The van der Waals surface area contributed by atoms with E-state index in [1.54, 1.807) is 0 Å². The molecule has 2 atom stereocenters. The normalized spacial score (nSPS) is 20.5. The smallest absolute Gasteiger partial charge is 0.225 e. The largest absolute Gasteiger partial charge is 0.352 e. The third kappa shape index (κ3) is 4.65. The molecule has 1 aliphatic heterocycles. The fourth-order valence-corrected chi connectivity index (χ4v) is 3.52. The van der Waals surface area contributed by atoms with Crippen LogP contribution in [0.25, 0.3) is 0 Å². The molecule has 1 fully saturated rings. The molecule has 0 radical (unpaired) electrons. The van der Waals surface area contributed by atoms with Crippen LogP contribution in [0.5, 0.6) is 0 Å². The summed E-state index contributed by atoms with van der Waals surface area (Å²) in [5.41, 5.74) is 2.45. The van der Waals surface area contributed by atoms with E-state index in [4.69, 9.17) is 0 Å². The summed E-state index contributed by atoms with van der Waals surface area (Å²) in [7, 11) is 0. The van der Waals surface area contributed by atoms with Gasteiger partial charge in [0.05, 0.1) is 19.5 Å². The summed E-state index contributed by atoms with van der Waals surface area (Å²) in [4.78, 5) is 17.9. The lowest BCUT2D eigenvalue weighted by Gasteiger charge is -2.32. The van der Waals surface area contributed by atoms with E-state index < -0.39 is 0 Å². The Morgan fingerprint density at radius 3 is 2.83 bits per heavy atom. The van der Waals surface area contributed by atoms with Crippen molar-refractivity contribution < 1.29 is 9.69 Å². The van der Waals surface area contributed by atoms with Gasteiger partial charge < -0.3 is 10.2 Å². The zero-order chi connectivity index (χ0) is 16.6. The number of carbonyl (C=O) groups excluding carboxylic acids is 1. The van der Waals surface area contributed by atoms with E-state index >= 15 is 0 Å². The molecule has 24 heavy (non-hydrogen) atoms. The third-order valence-electron chi connectivity index (χ3n) is 4.83. The number of nitrogens with one attached hydrogen (secondary N) is 2. The molecule has 4 heteroatoms. The van der Waals surface area contributed by atoms with E-state index in [1.165, 1.54) is 29.7 Å². The Labute approximate surface area is 143 Å². The minimum absolute atomic E-state index is 0.141. The summed E-state index contributed by atoms with van der Waals surface area (Å²) in [6.45, 7) is 2.65. The predicted octanol–water partition coefficient (Wildman–Crippen LogP) is 1.90. The Kier molecular flexibility index (Phi) is 5.96. The summed E-state index contributed by atoms with van der Waals surface area (Å²) in [5.74, 6) is 0.141. The molecule has 0 spiro atoms. The van der Waals surface area contributed by atoms with Crippen molar-refractivity contribution in [2.45, 2.75) is 38.3 Å². The van der Waals surface area contributed by atoms with Crippen LogP contribution in [0.2, 0.25) is 0 Å². The maximum absolute atomic E-state index is 12.2. The zero-order valence-electron chi connectivity index (χ0n) is 14.1. The molecule has 0 bridgehead atoms. The lowest BCUT2D eigenvalue weighted by molar-refractivity contribution is -0.936. The van der Waals surface area contributed by atoms with E-state index in [0.29, 0.717) is 19.0 Å². The van der Waals surface area contributed by atoms with Crippen molar-refractivity contribution >= 4 is 5.91 Å². The van der Waals surface area contributed by atoms with Crippen LogP contribution in [0.4, 0.5) is 0 Å². The Morgan fingerprint density at radius 2 is 2.04 bits per heavy atom. The number of amides is 1. The Hall–Kier alpha value is -2.20. The number of likely N-dealkylation sites (tertiary alicyclic amines) is 1. The average molecular weight is 324 g/mol. The summed E-state index contributed by atoms with van der Waals surface area (Å²) < 4.78 is 0. The van der Waals surface area contributed by atoms with Gasteiger partial charge in [-0.2, -0.15) is 0 Å². The molecule has 1 saturated heterocycles. The number of piperidine rings is 1. The van der Waals surface area contributed by atoms with Gasteiger partial charge in [-0.25, -0.2) is 0 Å². The molecule has 1 aromatic carbocycles. The van der Waals surface area contributed by atoms with Crippen LogP contribution in [0.15, 0.2) is 54.9 Å². The highest BCUT2D eigenvalue weighted by Crippen LogP contribution is 2.18. The first-order valence-electron chi connectivity index (χ1n) is 8.88. The Bertz CT molecular complexity index is 630. The molecule has 0 saturated carbocycles. The highest BCUT2D eigenvalue weighted by molar-refractivity contribution is 5.75. The molecule has 1 aromatic heterocycles. The maximum atomic E-state index is 12.2. The second-order valence-corrected chi connectivity index (χ2v) is 6.51. The van der Waals surface area contributed by atoms with Gasteiger partial charge in [0.25, 0.3) is 0 Å². The molecule has 1 amide bonds. The Morgan fingerprint density at radius 1 is 1.17 bits per heavy atom. The van der Waals surface area contributed by atoms with Gasteiger partial charge in [0.1, 0.15) is 6.04 Å². The average Bonchev–Trinajstić information content (AvgIpc) is 2.66. The van der Waals surface area contributed by atoms with Crippen molar-refractivity contribution in [3.63, 3.8) is 0 Å². The monoisotopic (exact) mass is 324 g/mol. The first-order chi connectivity index (χ1) is 11.8. The summed E-state index contributed by atoms with van der Waals surface area (Å²) >= 11 is 0.